The molecular weight excluding hydrogens is 476 g/mol. The summed E-state index contributed by atoms with van der Waals surface area (Å²) in [7, 11) is 0. The van der Waals surface area contributed by atoms with Gasteiger partial charge < -0.3 is 10.2 Å². The third-order valence-corrected chi connectivity index (χ3v) is 7.03. The van der Waals surface area contributed by atoms with E-state index in [4.69, 9.17) is 15.1 Å². The number of aliphatic hydroxyl groups excluding tert-OH is 1. The van der Waals surface area contributed by atoms with Gasteiger partial charge in [0.1, 0.15) is 6.23 Å². The summed E-state index contributed by atoms with van der Waals surface area (Å²) in [6.07, 6.45) is 12.2. The number of rotatable bonds is 10. The van der Waals surface area contributed by atoms with E-state index in [0.717, 1.165) is 34.5 Å². The van der Waals surface area contributed by atoms with E-state index in [1.165, 1.54) is 5.57 Å². The molecule has 194 valence electrons. The zero-order valence-corrected chi connectivity index (χ0v) is 21.4. The van der Waals surface area contributed by atoms with Crippen LogP contribution in [0.4, 0.5) is 0 Å². The Kier molecular flexibility index (Phi) is 7.86. The number of hydrogen-bond donors (Lipinski definition) is 3. The number of nitrogens with zero attached hydrogens (tertiary/aromatic N) is 3. The number of benzene rings is 2. The summed E-state index contributed by atoms with van der Waals surface area (Å²) >= 11 is 0. The zero-order valence-electron chi connectivity index (χ0n) is 21.4. The maximum atomic E-state index is 11.1. The standard InChI is InChI=1S/C31H32N4O3/c1-20(23-11-7-14-25-24(23)12-8-18-32-25)33-31(38)22-16-17-26-28(19-22)34-27(13-5-6-15-29(36)37)30(35-26)21-9-3-2-4-10-21/h2-4,7-12,16-20,25,31,33,38H,5-6,13-15H2,1H3,(H,36,37)/t20-,25?,31?/m0/s1. The molecule has 0 radical (unpaired) electrons. The van der Waals surface area contributed by atoms with Crippen LogP contribution in [0.2, 0.25) is 0 Å². The van der Waals surface area contributed by atoms with E-state index in [1.807, 2.05) is 67.7 Å². The number of dihydropyridines is 1. The third kappa shape index (κ3) is 5.79. The molecule has 0 saturated carbocycles. The Hall–Kier alpha value is -3.94. The number of carboxylic acid groups (broad SMARTS) is 1. The van der Waals surface area contributed by atoms with Crippen LogP contribution < -0.4 is 5.32 Å². The highest BCUT2D eigenvalue weighted by molar-refractivity contribution is 5.79. The number of allylic oxidation sites excluding steroid dienone is 1. The van der Waals surface area contributed by atoms with Gasteiger partial charge in [-0.2, -0.15) is 0 Å². The van der Waals surface area contributed by atoms with Gasteiger partial charge in [0, 0.05) is 24.2 Å². The Morgan fingerprint density at radius 1 is 1.08 bits per heavy atom. The number of aliphatic carboxylic acids is 1. The van der Waals surface area contributed by atoms with Gasteiger partial charge in [-0.25, -0.2) is 9.97 Å². The van der Waals surface area contributed by atoms with Crippen LogP contribution in [0.3, 0.4) is 0 Å². The van der Waals surface area contributed by atoms with Crippen molar-refractivity contribution in [1.29, 1.82) is 0 Å². The number of aliphatic hydroxyl groups is 1. The molecule has 2 heterocycles. The molecule has 5 rings (SSSR count). The summed E-state index contributed by atoms with van der Waals surface area (Å²) in [5.74, 6) is -0.790. The Morgan fingerprint density at radius 3 is 2.74 bits per heavy atom. The number of nitrogens with one attached hydrogen (secondary N) is 1. The number of aliphatic imine (C=N–C) groups is 1. The molecule has 1 aromatic heterocycles. The monoisotopic (exact) mass is 508 g/mol. The van der Waals surface area contributed by atoms with Gasteiger partial charge in [-0.3, -0.25) is 15.1 Å². The van der Waals surface area contributed by atoms with Crippen LogP contribution in [0.1, 0.15) is 50.1 Å². The summed E-state index contributed by atoms with van der Waals surface area (Å²) in [5, 5.41) is 23.4. The molecule has 0 saturated heterocycles. The molecular formula is C31H32N4O3. The van der Waals surface area contributed by atoms with Crippen molar-refractivity contribution in [2.75, 3.05) is 0 Å². The van der Waals surface area contributed by atoms with E-state index in [9.17, 15) is 9.90 Å². The van der Waals surface area contributed by atoms with Crippen LogP contribution in [0, 0.1) is 0 Å². The van der Waals surface area contributed by atoms with Crippen molar-refractivity contribution in [2.45, 2.75) is 57.3 Å². The molecule has 2 unspecified atom stereocenters. The molecule has 3 atom stereocenters. The minimum atomic E-state index is -0.887. The lowest BCUT2D eigenvalue weighted by Gasteiger charge is -2.27. The number of unbranched alkanes of at least 4 members (excludes halogenated alkanes) is 1. The maximum Gasteiger partial charge on any atom is 0.303 e. The van der Waals surface area contributed by atoms with E-state index < -0.39 is 12.2 Å². The van der Waals surface area contributed by atoms with Crippen LogP contribution in [-0.4, -0.2) is 44.4 Å². The fourth-order valence-electron chi connectivity index (χ4n) is 5.05. The van der Waals surface area contributed by atoms with Gasteiger partial charge in [0.05, 0.1) is 28.5 Å². The summed E-state index contributed by atoms with van der Waals surface area (Å²) in [4.78, 5) is 25.4. The van der Waals surface area contributed by atoms with Crippen molar-refractivity contribution in [3.05, 3.63) is 95.2 Å². The van der Waals surface area contributed by atoms with Gasteiger partial charge in [-0.05, 0) is 67.5 Å². The van der Waals surface area contributed by atoms with Gasteiger partial charge in [-0.15, -0.1) is 0 Å². The summed E-state index contributed by atoms with van der Waals surface area (Å²) in [5.41, 5.74) is 7.09. The lowest BCUT2D eigenvalue weighted by Crippen LogP contribution is -2.34. The average Bonchev–Trinajstić information content (AvgIpc) is 2.94. The van der Waals surface area contributed by atoms with Gasteiger partial charge in [0.25, 0.3) is 0 Å². The second kappa shape index (κ2) is 11.6. The van der Waals surface area contributed by atoms with Crippen molar-refractivity contribution in [1.82, 2.24) is 15.3 Å². The Balaban J connectivity index is 1.40. The van der Waals surface area contributed by atoms with Crippen molar-refractivity contribution in [2.24, 2.45) is 4.99 Å². The number of fused-ring (bicyclic) bond motifs is 2. The number of hydrogen-bond acceptors (Lipinski definition) is 6. The third-order valence-electron chi connectivity index (χ3n) is 7.03. The zero-order chi connectivity index (χ0) is 26.5. The van der Waals surface area contributed by atoms with Crippen LogP contribution in [0.15, 0.2) is 89.0 Å². The number of aromatic nitrogens is 2. The lowest BCUT2D eigenvalue weighted by molar-refractivity contribution is -0.137. The molecule has 0 spiro atoms. The maximum absolute atomic E-state index is 11.1. The van der Waals surface area contributed by atoms with Gasteiger partial charge >= 0.3 is 5.97 Å². The van der Waals surface area contributed by atoms with Crippen molar-refractivity contribution in [3.8, 4) is 11.3 Å². The molecule has 0 bridgehead atoms. The van der Waals surface area contributed by atoms with Crippen molar-refractivity contribution < 1.29 is 15.0 Å². The molecule has 1 aliphatic heterocycles. The van der Waals surface area contributed by atoms with E-state index >= 15 is 0 Å². The predicted octanol–water partition coefficient (Wildman–Crippen LogP) is 5.33. The first kappa shape index (κ1) is 25.7. The molecule has 2 aromatic carbocycles. The van der Waals surface area contributed by atoms with Crippen molar-refractivity contribution in [3.63, 3.8) is 0 Å². The number of carbonyl (C=O) groups is 1. The van der Waals surface area contributed by atoms with Gasteiger partial charge in [-0.1, -0.05) is 54.6 Å². The van der Waals surface area contributed by atoms with E-state index in [-0.39, 0.29) is 18.5 Å². The minimum Gasteiger partial charge on any atom is -0.481 e. The molecule has 38 heavy (non-hydrogen) atoms. The molecule has 7 nitrogen and oxygen atoms in total. The SMILES string of the molecule is C[C@H](NC(O)c1ccc2nc(-c3ccccc3)c(CCCCC(=O)O)nc2c1)C1=C2C=CC=NC2CC=C1. The Bertz CT molecular complexity index is 1440. The first-order valence-electron chi connectivity index (χ1n) is 13.1. The topological polar surface area (TPSA) is 108 Å². The van der Waals surface area contributed by atoms with Gasteiger partial charge in [0.15, 0.2) is 0 Å². The molecule has 0 amide bonds. The molecule has 3 N–H and O–H groups in total. The van der Waals surface area contributed by atoms with Crippen LogP contribution in [-0.2, 0) is 11.2 Å². The molecule has 1 aliphatic carbocycles. The minimum absolute atomic E-state index is 0.0796. The fraction of sp³-hybridized carbons (Fsp3) is 0.290. The van der Waals surface area contributed by atoms with E-state index in [2.05, 4.69) is 28.5 Å². The fourth-order valence-corrected chi connectivity index (χ4v) is 5.05. The first-order valence-corrected chi connectivity index (χ1v) is 13.1. The quantitative estimate of drug-likeness (QED) is 0.252. The molecule has 7 heteroatoms. The normalized spacial score (nSPS) is 18.0. The van der Waals surface area contributed by atoms with Gasteiger partial charge in [0.2, 0.25) is 0 Å². The number of carboxylic acids is 1. The summed E-state index contributed by atoms with van der Waals surface area (Å²) < 4.78 is 0. The van der Waals surface area contributed by atoms with E-state index in [0.29, 0.717) is 30.3 Å². The van der Waals surface area contributed by atoms with Crippen LogP contribution in [0.5, 0.6) is 0 Å². The highest BCUT2D eigenvalue weighted by atomic mass is 16.4. The predicted molar refractivity (Wildman–Crippen MR) is 150 cm³/mol. The Morgan fingerprint density at radius 2 is 1.92 bits per heavy atom. The Labute approximate surface area is 222 Å². The summed E-state index contributed by atoms with van der Waals surface area (Å²) in [6.45, 7) is 2.05. The summed E-state index contributed by atoms with van der Waals surface area (Å²) in [6, 6.07) is 15.6. The largest absolute Gasteiger partial charge is 0.481 e. The highest BCUT2D eigenvalue weighted by Crippen LogP contribution is 2.29. The van der Waals surface area contributed by atoms with E-state index in [1.54, 1.807) is 0 Å². The van der Waals surface area contributed by atoms with Crippen LogP contribution in [0.25, 0.3) is 22.3 Å². The molecule has 3 aromatic rings. The number of aryl methyl sites for hydroxylation is 1. The van der Waals surface area contributed by atoms with Crippen LogP contribution >= 0.6 is 0 Å². The highest BCUT2D eigenvalue weighted by Gasteiger charge is 2.23. The second-order valence-corrected chi connectivity index (χ2v) is 9.75. The smallest absolute Gasteiger partial charge is 0.303 e. The molecule has 0 fully saturated rings. The lowest BCUT2D eigenvalue weighted by atomic mass is 9.88. The second-order valence-electron chi connectivity index (χ2n) is 9.75. The first-order chi connectivity index (χ1) is 18.5. The molecule has 2 aliphatic rings. The van der Waals surface area contributed by atoms with Crippen molar-refractivity contribution >= 4 is 23.2 Å². The average molecular weight is 509 g/mol.